The van der Waals surface area contributed by atoms with E-state index >= 15 is 0 Å². The molecule has 0 fully saturated rings. The Morgan fingerprint density at radius 1 is 1.46 bits per heavy atom. The Hall–Kier alpha value is -0.630. The monoisotopic (exact) mass is 242 g/mol. The molecule has 2 heteroatoms. The molecule has 1 rings (SSSR count). The van der Waals surface area contributed by atoms with Crippen molar-refractivity contribution in [3.05, 3.63) is 40.1 Å². The molecular weight excluding hydrogens is 231 g/mol. The molecule has 13 heavy (non-hydrogen) atoms. The van der Waals surface area contributed by atoms with Gasteiger partial charge < -0.3 is 0 Å². The van der Waals surface area contributed by atoms with Gasteiger partial charge in [-0.3, -0.25) is 0 Å². The van der Waals surface area contributed by atoms with Crippen LogP contribution in [0, 0.1) is 5.82 Å². The van der Waals surface area contributed by atoms with Crippen LogP contribution in [0.4, 0.5) is 4.39 Å². The second kappa shape index (κ2) is 5.18. The maximum Gasteiger partial charge on any atom is 0.131 e. The zero-order valence-electron chi connectivity index (χ0n) is 7.56. The zero-order valence-corrected chi connectivity index (χ0v) is 9.14. The van der Waals surface area contributed by atoms with Crippen LogP contribution in [-0.2, 0) is 0 Å². The zero-order chi connectivity index (χ0) is 9.68. The van der Waals surface area contributed by atoms with Crippen molar-refractivity contribution in [2.75, 3.05) is 0 Å². The smallest absolute Gasteiger partial charge is 0.131 e. The normalized spacial score (nSPS) is 11.0. The Kier molecular flexibility index (Phi) is 4.16. The molecule has 0 aliphatic carbocycles. The quantitative estimate of drug-likeness (QED) is 0.737. The third kappa shape index (κ3) is 3.31. The van der Waals surface area contributed by atoms with Crippen molar-refractivity contribution in [2.24, 2.45) is 0 Å². The first-order valence-corrected chi connectivity index (χ1v) is 5.15. The van der Waals surface area contributed by atoms with Gasteiger partial charge in [-0.05, 0) is 18.6 Å². The second-order valence-electron chi connectivity index (χ2n) is 2.86. The minimum absolute atomic E-state index is 0.179. The Morgan fingerprint density at radius 2 is 2.23 bits per heavy atom. The fourth-order valence-electron chi connectivity index (χ4n) is 1.01. The number of halogens is 2. The van der Waals surface area contributed by atoms with E-state index in [1.165, 1.54) is 6.07 Å². The molecular formula is C11H12BrF. The number of allylic oxidation sites excluding steroid dienone is 1. The molecule has 0 heterocycles. The van der Waals surface area contributed by atoms with Crippen molar-refractivity contribution >= 4 is 22.0 Å². The molecule has 0 spiro atoms. The van der Waals surface area contributed by atoms with E-state index < -0.39 is 0 Å². The van der Waals surface area contributed by atoms with E-state index in [-0.39, 0.29) is 5.82 Å². The lowest BCUT2D eigenvalue weighted by molar-refractivity contribution is 0.624. The van der Waals surface area contributed by atoms with Crippen molar-refractivity contribution < 1.29 is 4.39 Å². The van der Waals surface area contributed by atoms with Gasteiger partial charge in [-0.1, -0.05) is 47.5 Å². The molecule has 0 aliphatic rings. The predicted molar refractivity (Wildman–Crippen MR) is 58.0 cm³/mol. The van der Waals surface area contributed by atoms with E-state index in [9.17, 15) is 4.39 Å². The van der Waals surface area contributed by atoms with Gasteiger partial charge in [0.25, 0.3) is 0 Å². The van der Waals surface area contributed by atoms with Gasteiger partial charge >= 0.3 is 0 Å². The first-order valence-electron chi connectivity index (χ1n) is 4.35. The van der Waals surface area contributed by atoms with Crippen molar-refractivity contribution in [3.8, 4) is 0 Å². The number of hydrogen-bond acceptors (Lipinski definition) is 0. The van der Waals surface area contributed by atoms with Crippen LogP contribution < -0.4 is 0 Å². The molecule has 1 aromatic rings. The highest BCUT2D eigenvalue weighted by Crippen LogP contribution is 2.16. The Morgan fingerprint density at radius 3 is 2.85 bits per heavy atom. The molecule has 70 valence electrons. The molecule has 1 aromatic carbocycles. The first kappa shape index (κ1) is 10.5. The largest absolute Gasteiger partial charge is 0.206 e. The third-order valence-electron chi connectivity index (χ3n) is 1.72. The molecule has 0 saturated heterocycles. The SMILES string of the molecule is CCC/C=C/c1ccc(Br)cc1F. The maximum atomic E-state index is 13.2. The van der Waals surface area contributed by atoms with E-state index in [4.69, 9.17) is 0 Å². The Bertz CT molecular complexity index is 305. The van der Waals surface area contributed by atoms with E-state index in [0.717, 1.165) is 17.3 Å². The van der Waals surface area contributed by atoms with Crippen LogP contribution in [0.3, 0.4) is 0 Å². The van der Waals surface area contributed by atoms with Gasteiger partial charge in [-0.25, -0.2) is 4.39 Å². The minimum atomic E-state index is -0.179. The molecule has 0 amide bonds. The standard InChI is InChI=1S/C11H12BrF/c1-2-3-4-5-9-6-7-10(12)8-11(9)13/h4-8H,2-3H2,1H3/b5-4+. The van der Waals surface area contributed by atoms with Crippen LogP contribution >= 0.6 is 15.9 Å². The topological polar surface area (TPSA) is 0 Å². The van der Waals surface area contributed by atoms with E-state index in [0.29, 0.717) is 5.56 Å². The average Bonchev–Trinajstić information content (AvgIpc) is 2.09. The summed E-state index contributed by atoms with van der Waals surface area (Å²) in [6.45, 7) is 2.10. The second-order valence-corrected chi connectivity index (χ2v) is 3.77. The summed E-state index contributed by atoms with van der Waals surface area (Å²) in [6, 6.07) is 5.09. The third-order valence-corrected chi connectivity index (χ3v) is 2.21. The van der Waals surface area contributed by atoms with Crippen molar-refractivity contribution in [2.45, 2.75) is 19.8 Å². The fourth-order valence-corrected chi connectivity index (χ4v) is 1.35. The number of rotatable bonds is 3. The number of hydrogen-bond donors (Lipinski definition) is 0. The van der Waals surface area contributed by atoms with Gasteiger partial charge in [0.05, 0.1) is 0 Å². The molecule has 0 atom stereocenters. The maximum absolute atomic E-state index is 13.2. The van der Waals surface area contributed by atoms with Gasteiger partial charge in [0, 0.05) is 10.0 Å². The summed E-state index contributed by atoms with van der Waals surface area (Å²) in [5.74, 6) is -0.179. The Balaban J connectivity index is 2.77. The first-order chi connectivity index (χ1) is 6.24. The van der Waals surface area contributed by atoms with Crippen LogP contribution in [0.1, 0.15) is 25.3 Å². The summed E-state index contributed by atoms with van der Waals surface area (Å²) in [4.78, 5) is 0. The van der Waals surface area contributed by atoms with Gasteiger partial charge in [0.2, 0.25) is 0 Å². The summed E-state index contributed by atoms with van der Waals surface area (Å²) >= 11 is 3.21. The molecule has 0 aromatic heterocycles. The van der Waals surface area contributed by atoms with Gasteiger partial charge in [0.1, 0.15) is 5.82 Å². The van der Waals surface area contributed by atoms with Crippen LogP contribution in [0.25, 0.3) is 6.08 Å². The molecule has 0 bridgehead atoms. The van der Waals surface area contributed by atoms with E-state index in [1.807, 2.05) is 18.2 Å². The molecule has 0 saturated carbocycles. The molecule has 0 radical (unpaired) electrons. The van der Waals surface area contributed by atoms with Crippen molar-refractivity contribution in [1.29, 1.82) is 0 Å². The molecule has 0 unspecified atom stereocenters. The van der Waals surface area contributed by atoms with Crippen LogP contribution in [-0.4, -0.2) is 0 Å². The highest BCUT2D eigenvalue weighted by Gasteiger charge is 1.97. The van der Waals surface area contributed by atoms with Gasteiger partial charge in [0.15, 0.2) is 0 Å². The van der Waals surface area contributed by atoms with Crippen molar-refractivity contribution in [3.63, 3.8) is 0 Å². The average molecular weight is 243 g/mol. The van der Waals surface area contributed by atoms with Crippen LogP contribution in [0.15, 0.2) is 28.7 Å². The van der Waals surface area contributed by atoms with E-state index in [2.05, 4.69) is 22.9 Å². The highest BCUT2D eigenvalue weighted by atomic mass is 79.9. The molecule has 0 aliphatic heterocycles. The lowest BCUT2D eigenvalue weighted by Gasteiger charge is -1.96. The van der Waals surface area contributed by atoms with Gasteiger partial charge in [-0.2, -0.15) is 0 Å². The summed E-state index contributed by atoms with van der Waals surface area (Å²) in [6.07, 6.45) is 5.90. The molecule has 0 N–H and O–H groups in total. The van der Waals surface area contributed by atoms with Crippen molar-refractivity contribution in [1.82, 2.24) is 0 Å². The summed E-state index contributed by atoms with van der Waals surface area (Å²) < 4.78 is 14.0. The molecule has 0 nitrogen and oxygen atoms in total. The van der Waals surface area contributed by atoms with Crippen LogP contribution in [0.5, 0.6) is 0 Å². The number of unbranched alkanes of at least 4 members (excludes halogenated alkanes) is 1. The summed E-state index contributed by atoms with van der Waals surface area (Å²) in [5.41, 5.74) is 0.650. The lowest BCUT2D eigenvalue weighted by atomic mass is 10.2. The summed E-state index contributed by atoms with van der Waals surface area (Å²) in [5, 5.41) is 0. The van der Waals surface area contributed by atoms with Gasteiger partial charge in [-0.15, -0.1) is 0 Å². The predicted octanol–water partition coefficient (Wildman–Crippen LogP) is 4.40. The Labute approximate surface area is 86.6 Å². The number of benzene rings is 1. The highest BCUT2D eigenvalue weighted by molar-refractivity contribution is 9.10. The lowest BCUT2D eigenvalue weighted by Crippen LogP contribution is -1.80. The van der Waals surface area contributed by atoms with Crippen LogP contribution in [0.2, 0.25) is 0 Å². The summed E-state index contributed by atoms with van der Waals surface area (Å²) in [7, 11) is 0. The minimum Gasteiger partial charge on any atom is -0.206 e. The fraction of sp³-hybridized carbons (Fsp3) is 0.273. The van der Waals surface area contributed by atoms with E-state index in [1.54, 1.807) is 6.07 Å².